The fraction of sp³-hybridized carbons (Fsp3) is 0.533. The zero-order valence-corrected chi connectivity index (χ0v) is 13.2. The maximum Gasteiger partial charge on any atom is 0.324 e. The summed E-state index contributed by atoms with van der Waals surface area (Å²) in [6.45, 7) is 0.257. The summed E-state index contributed by atoms with van der Waals surface area (Å²) in [6.07, 6.45) is 3.87. The van der Waals surface area contributed by atoms with E-state index >= 15 is 0 Å². The lowest BCUT2D eigenvalue weighted by atomic mass is 9.91. The number of sulfonamides is 1. The third kappa shape index (κ3) is 2.70. The molecular formula is C15H19NO5S. The van der Waals surface area contributed by atoms with E-state index < -0.39 is 22.0 Å². The first kappa shape index (κ1) is 15.3. The molecule has 1 N–H and O–H groups in total. The molecule has 0 saturated carbocycles. The van der Waals surface area contributed by atoms with Crippen LogP contribution in [0.1, 0.15) is 30.4 Å². The van der Waals surface area contributed by atoms with E-state index in [0.717, 1.165) is 36.1 Å². The number of cyclic esters (lactones) is 1. The molecule has 1 atom stereocenters. The number of hydrogen-bond donors (Lipinski definition) is 1. The molecular weight excluding hydrogens is 306 g/mol. The molecule has 1 heterocycles. The number of nitrogens with one attached hydrogen (secondary N) is 1. The van der Waals surface area contributed by atoms with Gasteiger partial charge in [0.15, 0.2) is 0 Å². The molecule has 6 nitrogen and oxygen atoms in total. The quantitative estimate of drug-likeness (QED) is 0.840. The Morgan fingerprint density at radius 3 is 2.59 bits per heavy atom. The van der Waals surface area contributed by atoms with Crippen LogP contribution in [0, 0.1) is 0 Å². The van der Waals surface area contributed by atoms with Crippen molar-refractivity contribution in [2.75, 3.05) is 13.7 Å². The van der Waals surface area contributed by atoms with Crippen LogP contribution in [0.15, 0.2) is 17.0 Å². The predicted molar refractivity (Wildman–Crippen MR) is 79.3 cm³/mol. The van der Waals surface area contributed by atoms with Crippen molar-refractivity contribution in [2.24, 2.45) is 0 Å². The van der Waals surface area contributed by atoms with Crippen molar-refractivity contribution in [3.63, 3.8) is 0 Å². The number of fused-ring (bicyclic) bond motifs is 1. The van der Waals surface area contributed by atoms with Crippen LogP contribution in [-0.4, -0.2) is 34.1 Å². The number of rotatable bonds is 4. The smallest absolute Gasteiger partial charge is 0.324 e. The minimum atomic E-state index is -3.75. The molecule has 0 radical (unpaired) electrons. The van der Waals surface area contributed by atoms with Crippen molar-refractivity contribution in [2.45, 2.75) is 43.0 Å². The molecule has 0 spiro atoms. The average molecular weight is 325 g/mol. The number of esters is 1. The molecule has 1 fully saturated rings. The van der Waals surface area contributed by atoms with Gasteiger partial charge in [0.1, 0.15) is 11.8 Å². The number of carbonyl (C=O) groups excluding carboxylic acids is 1. The highest BCUT2D eigenvalue weighted by atomic mass is 32.2. The highest BCUT2D eigenvalue weighted by molar-refractivity contribution is 7.89. The van der Waals surface area contributed by atoms with Crippen LogP contribution < -0.4 is 9.46 Å². The van der Waals surface area contributed by atoms with Crippen LogP contribution in [0.3, 0.4) is 0 Å². The SMILES string of the molecule is COc1ccc(S(=O)(=O)N[C@@H]2CCOC2=O)c2c1CCCC2. The number of carbonyl (C=O) groups is 1. The Labute approximate surface area is 129 Å². The standard InChI is InChI=1S/C15H19NO5S/c1-20-13-6-7-14(11-5-3-2-4-10(11)13)22(18,19)16-12-8-9-21-15(12)17/h6-7,12,16H,2-5,8-9H2,1H3/t12-/m1/s1. The maximum absolute atomic E-state index is 12.6. The molecule has 1 aliphatic heterocycles. The number of methoxy groups -OCH3 is 1. The average Bonchev–Trinajstić information content (AvgIpc) is 2.90. The Bertz CT molecular complexity index is 698. The molecule has 22 heavy (non-hydrogen) atoms. The van der Waals surface area contributed by atoms with Gasteiger partial charge in [-0.25, -0.2) is 8.42 Å². The van der Waals surface area contributed by atoms with E-state index in [-0.39, 0.29) is 11.5 Å². The molecule has 0 bridgehead atoms. The van der Waals surface area contributed by atoms with Gasteiger partial charge in [0, 0.05) is 6.42 Å². The Hall–Kier alpha value is -1.60. The normalized spacial score (nSPS) is 21.3. The Morgan fingerprint density at radius 2 is 1.95 bits per heavy atom. The summed E-state index contributed by atoms with van der Waals surface area (Å²) in [5.74, 6) is 0.222. The molecule has 7 heteroatoms. The van der Waals surface area contributed by atoms with E-state index in [4.69, 9.17) is 9.47 Å². The molecule has 1 aromatic rings. The Kier molecular flexibility index (Phi) is 4.10. The summed E-state index contributed by atoms with van der Waals surface area (Å²) in [7, 11) is -2.16. The van der Waals surface area contributed by atoms with Gasteiger partial charge in [-0.1, -0.05) is 0 Å². The summed E-state index contributed by atoms with van der Waals surface area (Å²) < 4.78 is 37.9. The van der Waals surface area contributed by atoms with E-state index in [1.54, 1.807) is 19.2 Å². The maximum atomic E-state index is 12.6. The molecule has 1 aliphatic carbocycles. The van der Waals surface area contributed by atoms with Gasteiger partial charge in [0.2, 0.25) is 10.0 Å². The van der Waals surface area contributed by atoms with E-state index in [1.165, 1.54) is 0 Å². The summed E-state index contributed by atoms with van der Waals surface area (Å²) in [6, 6.07) is 2.46. The van der Waals surface area contributed by atoms with E-state index in [9.17, 15) is 13.2 Å². The Morgan fingerprint density at radius 1 is 1.23 bits per heavy atom. The first-order valence-electron chi connectivity index (χ1n) is 7.40. The Balaban J connectivity index is 1.98. The number of ether oxygens (including phenoxy) is 2. The minimum Gasteiger partial charge on any atom is -0.496 e. The van der Waals surface area contributed by atoms with Crippen molar-refractivity contribution in [3.8, 4) is 5.75 Å². The van der Waals surface area contributed by atoms with Gasteiger partial charge in [-0.3, -0.25) is 4.79 Å². The fourth-order valence-electron chi connectivity index (χ4n) is 3.10. The monoisotopic (exact) mass is 325 g/mol. The van der Waals surface area contributed by atoms with Crippen molar-refractivity contribution >= 4 is 16.0 Å². The summed E-state index contributed by atoms with van der Waals surface area (Å²) in [5, 5.41) is 0. The molecule has 1 saturated heterocycles. The highest BCUT2D eigenvalue weighted by Crippen LogP contribution is 2.34. The van der Waals surface area contributed by atoms with E-state index in [2.05, 4.69) is 4.72 Å². The molecule has 120 valence electrons. The van der Waals surface area contributed by atoms with E-state index in [1.807, 2.05) is 0 Å². The van der Waals surface area contributed by atoms with Crippen LogP contribution in [0.2, 0.25) is 0 Å². The predicted octanol–water partition coefficient (Wildman–Crippen LogP) is 1.17. The first-order chi connectivity index (χ1) is 10.5. The zero-order valence-electron chi connectivity index (χ0n) is 12.4. The summed E-state index contributed by atoms with van der Waals surface area (Å²) in [4.78, 5) is 11.8. The topological polar surface area (TPSA) is 81.7 Å². The fourth-order valence-corrected chi connectivity index (χ4v) is 4.61. The van der Waals surface area contributed by atoms with Gasteiger partial charge < -0.3 is 9.47 Å². The van der Waals surface area contributed by atoms with Crippen LogP contribution in [0.4, 0.5) is 0 Å². The van der Waals surface area contributed by atoms with Crippen LogP contribution in [-0.2, 0) is 32.4 Å². The second-order valence-electron chi connectivity index (χ2n) is 5.56. The van der Waals surface area contributed by atoms with Crippen LogP contribution in [0.25, 0.3) is 0 Å². The van der Waals surface area contributed by atoms with Gasteiger partial charge in [-0.2, -0.15) is 4.72 Å². The van der Waals surface area contributed by atoms with E-state index in [0.29, 0.717) is 12.8 Å². The molecule has 0 amide bonds. The lowest BCUT2D eigenvalue weighted by Gasteiger charge is -2.22. The second kappa shape index (κ2) is 5.89. The third-order valence-electron chi connectivity index (χ3n) is 4.19. The first-order valence-corrected chi connectivity index (χ1v) is 8.89. The zero-order chi connectivity index (χ0) is 15.7. The van der Waals surface area contributed by atoms with Crippen molar-refractivity contribution in [1.29, 1.82) is 0 Å². The molecule has 3 rings (SSSR count). The number of benzene rings is 1. The minimum absolute atomic E-state index is 0.253. The van der Waals surface area contributed by atoms with Gasteiger partial charge in [0.25, 0.3) is 0 Å². The summed E-state index contributed by atoms with van der Waals surface area (Å²) in [5.41, 5.74) is 1.77. The van der Waals surface area contributed by atoms with Gasteiger partial charge in [-0.15, -0.1) is 0 Å². The molecule has 2 aliphatic rings. The van der Waals surface area contributed by atoms with Gasteiger partial charge in [0.05, 0.1) is 18.6 Å². The second-order valence-corrected chi connectivity index (χ2v) is 7.24. The number of hydrogen-bond acceptors (Lipinski definition) is 5. The third-order valence-corrected chi connectivity index (χ3v) is 5.75. The lowest BCUT2D eigenvalue weighted by Crippen LogP contribution is -2.38. The lowest BCUT2D eigenvalue weighted by molar-refractivity contribution is -0.139. The van der Waals surface area contributed by atoms with Gasteiger partial charge >= 0.3 is 5.97 Å². The van der Waals surface area contributed by atoms with Crippen molar-refractivity contribution in [1.82, 2.24) is 4.72 Å². The largest absolute Gasteiger partial charge is 0.496 e. The summed E-state index contributed by atoms with van der Waals surface area (Å²) >= 11 is 0. The molecule has 0 unspecified atom stereocenters. The van der Waals surface area contributed by atoms with Crippen LogP contribution >= 0.6 is 0 Å². The van der Waals surface area contributed by atoms with Crippen molar-refractivity contribution < 1.29 is 22.7 Å². The molecule has 1 aromatic carbocycles. The highest BCUT2D eigenvalue weighted by Gasteiger charge is 2.33. The van der Waals surface area contributed by atoms with Crippen LogP contribution in [0.5, 0.6) is 5.75 Å². The molecule has 0 aromatic heterocycles. The van der Waals surface area contributed by atoms with Gasteiger partial charge in [-0.05, 0) is 48.9 Å². The van der Waals surface area contributed by atoms with Crippen molar-refractivity contribution in [3.05, 3.63) is 23.3 Å².